The molecule has 0 saturated carbocycles. The molecule has 3 nitrogen and oxygen atoms in total. The summed E-state index contributed by atoms with van der Waals surface area (Å²) in [7, 11) is 0. The first-order chi connectivity index (χ1) is 9.33. The van der Waals surface area contributed by atoms with Gasteiger partial charge < -0.3 is 4.57 Å². The van der Waals surface area contributed by atoms with Crippen molar-refractivity contribution in [3.05, 3.63) is 30.1 Å². The highest BCUT2D eigenvalue weighted by Crippen LogP contribution is 2.33. The van der Waals surface area contributed by atoms with Crippen LogP contribution in [0.2, 0.25) is 0 Å². The Labute approximate surface area is 118 Å². The summed E-state index contributed by atoms with van der Waals surface area (Å²) in [5.41, 5.74) is 2.43. The number of aromatic nitrogens is 2. The second kappa shape index (κ2) is 4.53. The number of imidazole rings is 1. The zero-order chi connectivity index (χ0) is 12.8. The minimum absolute atomic E-state index is 0.623. The van der Waals surface area contributed by atoms with E-state index in [0.29, 0.717) is 6.04 Å². The molecule has 0 radical (unpaired) electrons. The molecule has 1 unspecified atom stereocenters. The minimum Gasteiger partial charge on any atom is -0.322 e. The van der Waals surface area contributed by atoms with Gasteiger partial charge >= 0.3 is 0 Å². The number of rotatable bonds is 2. The molecule has 1 atom stereocenters. The zero-order valence-electron chi connectivity index (χ0n) is 11.2. The van der Waals surface area contributed by atoms with E-state index in [4.69, 9.17) is 0 Å². The lowest BCUT2D eigenvalue weighted by atomic mass is 10.0. The van der Waals surface area contributed by atoms with Crippen LogP contribution in [0.1, 0.15) is 18.3 Å². The van der Waals surface area contributed by atoms with Gasteiger partial charge in [-0.05, 0) is 31.2 Å². The lowest BCUT2D eigenvalue weighted by Crippen LogP contribution is -2.52. The van der Waals surface area contributed by atoms with E-state index in [9.17, 15) is 0 Å². The van der Waals surface area contributed by atoms with Crippen LogP contribution in [-0.4, -0.2) is 45.1 Å². The number of hydrogen-bond acceptors (Lipinski definition) is 3. The monoisotopic (exact) mass is 273 g/mol. The molecule has 2 saturated heterocycles. The van der Waals surface area contributed by atoms with Gasteiger partial charge in [-0.25, -0.2) is 4.98 Å². The number of likely N-dealkylation sites (tertiary alicyclic amines) is 1. The molecule has 0 bridgehead atoms. The van der Waals surface area contributed by atoms with Gasteiger partial charge in [0.05, 0.1) is 17.1 Å². The maximum Gasteiger partial charge on any atom is 0.107 e. The van der Waals surface area contributed by atoms with E-state index >= 15 is 0 Å². The van der Waals surface area contributed by atoms with Crippen molar-refractivity contribution in [1.82, 2.24) is 14.5 Å². The van der Waals surface area contributed by atoms with Gasteiger partial charge in [0.2, 0.25) is 0 Å². The molecule has 100 valence electrons. The van der Waals surface area contributed by atoms with Crippen LogP contribution in [0, 0.1) is 6.92 Å². The molecule has 1 aromatic heterocycles. The van der Waals surface area contributed by atoms with Crippen LogP contribution in [0.25, 0.3) is 11.0 Å². The first kappa shape index (κ1) is 11.8. The molecule has 4 rings (SSSR count). The van der Waals surface area contributed by atoms with Gasteiger partial charge in [-0.1, -0.05) is 12.1 Å². The molecule has 0 amide bonds. The molecule has 2 aliphatic heterocycles. The largest absolute Gasteiger partial charge is 0.322 e. The molecule has 0 aliphatic carbocycles. The number of hydrogen-bond donors (Lipinski definition) is 0. The first-order valence-corrected chi connectivity index (χ1v) is 8.24. The molecule has 19 heavy (non-hydrogen) atoms. The molecule has 2 aliphatic rings. The molecule has 0 N–H and O–H groups in total. The van der Waals surface area contributed by atoms with E-state index in [1.165, 1.54) is 36.5 Å². The highest BCUT2D eigenvalue weighted by atomic mass is 32.2. The Kier molecular flexibility index (Phi) is 2.81. The number of nitrogens with zero attached hydrogens (tertiary/aromatic N) is 3. The van der Waals surface area contributed by atoms with Crippen molar-refractivity contribution < 1.29 is 0 Å². The molecule has 2 aromatic rings. The molecule has 2 fully saturated rings. The normalized spacial score (nSPS) is 25.0. The Balaban J connectivity index is 1.57. The zero-order valence-corrected chi connectivity index (χ0v) is 12.1. The molecule has 4 heteroatoms. The van der Waals surface area contributed by atoms with Crippen LogP contribution >= 0.6 is 11.8 Å². The quantitative estimate of drug-likeness (QED) is 0.839. The summed E-state index contributed by atoms with van der Waals surface area (Å²) in [4.78, 5) is 7.33. The van der Waals surface area contributed by atoms with Crippen LogP contribution < -0.4 is 0 Å². The summed E-state index contributed by atoms with van der Waals surface area (Å²) in [6.07, 6.45) is 1.38. The Morgan fingerprint density at radius 1 is 1.21 bits per heavy atom. The average Bonchev–Trinajstić information content (AvgIpc) is 2.97. The van der Waals surface area contributed by atoms with Gasteiger partial charge in [-0.2, -0.15) is 11.8 Å². The van der Waals surface area contributed by atoms with Gasteiger partial charge in [0.15, 0.2) is 0 Å². The third-order valence-electron chi connectivity index (χ3n) is 4.45. The van der Waals surface area contributed by atoms with Crippen molar-refractivity contribution in [2.24, 2.45) is 0 Å². The molecule has 3 heterocycles. The maximum absolute atomic E-state index is 4.68. The molecule has 0 spiro atoms. The number of aryl methyl sites for hydroxylation is 1. The summed E-state index contributed by atoms with van der Waals surface area (Å²) in [6, 6.07) is 9.95. The fourth-order valence-electron chi connectivity index (χ4n) is 3.39. The van der Waals surface area contributed by atoms with Crippen molar-refractivity contribution >= 4 is 22.8 Å². The van der Waals surface area contributed by atoms with E-state index in [0.717, 1.165) is 17.4 Å². The Morgan fingerprint density at radius 2 is 2.05 bits per heavy atom. The van der Waals surface area contributed by atoms with Gasteiger partial charge in [0.1, 0.15) is 5.82 Å². The maximum atomic E-state index is 4.68. The summed E-state index contributed by atoms with van der Waals surface area (Å²) >= 11 is 2.10. The standard InChI is InChI=1S/C15H19N3S/c1-11-16-14-4-2-3-5-15(14)18(11)13-8-17(9-13)12-6-7-19-10-12/h2-5,12-13H,6-10H2,1H3. The predicted octanol–water partition coefficient (Wildman–Crippen LogP) is 2.71. The fraction of sp³-hybridized carbons (Fsp3) is 0.533. The van der Waals surface area contributed by atoms with Crippen molar-refractivity contribution in [3.8, 4) is 0 Å². The molecular weight excluding hydrogens is 254 g/mol. The predicted molar refractivity (Wildman–Crippen MR) is 80.8 cm³/mol. The summed E-state index contributed by atoms with van der Waals surface area (Å²) in [5.74, 6) is 3.83. The second-order valence-corrected chi connectivity index (χ2v) is 6.79. The highest BCUT2D eigenvalue weighted by Gasteiger charge is 2.35. The van der Waals surface area contributed by atoms with Crippen molar-refractivity contribution in [1.29, 1.82) is 0 Å². The van der Waals surface area contributed by atoms with E-state index in [1.807, 2.05) is 0 Å². The Hall–Kier alpha value is -1.00. The van der Waals surface area contributed by atoms with E-state index in [-0.39, 0.29) is 0 Å². The van der Waals surface area contributed by atoms with Gasteiger partial charge in [-0.3, -0.25) is 4.90 Å². The topological polar surface area (TPSA) is 21.1 Å². The summed E-state index contributed by atoms with van der Waals surface area (Å²) in [6.45, 7) is 4.53. The van der Waals surface area contributed by atoms with Crippen LogP contribution in [0.5, 0.6) is 0 Å². The highest BCUT2D eigenvalue weighted by molar-refractivity contribution is 7.99. The molecular formula is C15H19N3S. The fourth-order valence-corrected chi connectivity index (χ4v) is 4.64. The lowest BCUT2D eigenvalue weighted by Gasteiger charge is -2.44. The van der Waals surface area contributed by atoms with Gasteiger partial charge in [0, 0.05) is 24.9 Å². The smallest absolute Gasteiger partial charge is 0.107 e. The van der Waals surface area contributed by atoms with Crippen LogP contribution in [0.4, 0.5) is 0 Å². The SMILES string of the molecule is Cc1nc2ccccc2n1C1CN(C2CCSC2)C1. The average molecular weight is 273 g/mol. The third-order valence-corrected chi connectivity index (χ3v) is 5.59. The number of thioether (sulfide) groups is 1. The van der Waals surface area contributed by atoms with Crippen molar-refractivity contribution in [2.45, 2.75) is 25.4 Å². The Bertz CT molecular complexity index is 594. The van der Waals surface area contributed by atoms with Crippen molar-refractivity contribution in [2.75, 3.05) is 24.6 Å². The van der Waals surface area contributed by atoms with Gasteiger partial charge in [-0.15, -0.1) is 0 Å². The summed E-state index contributed by atoms with van der Waals surface area (Å²) in [5, 5.41) is 0. The van der Waals surface area contributed by atoms with E-state index in [2.05, 4.69) is 57.4 Å². The summed E-state index contributed by atoms with van der Waals surface area (Å²) < 4.78 is 2.44. The second-order valence-electron chi connectivity index (χ2n) is 5.64. The lowest BCUT2D eigenvalue weighted by molar-refractivity contribution is 0.0707. The Morgan fingerprint density at radius 3 is 2.84 bits per heavy atom. The third kappa shape index (κ3) is 1.89. The van der Waals surface area contributed by atoms with Crippen LogP contribution in [0.15, 0.2) is 24.3 Å². The number of benzene rings is 1. The van der Waals surface area contributed by atoms with Crippen molar-refractivity contribution in [3.63, 3.8) is 0 Å². The van der Waals surface area contributed by atoms with Crippen LogP contribution in [-0.2, 0) is 0 Å². The molecule has 1 aromatic carbocycles. The van der Waals surface area contributed by atoms with Gasteiger partial charge in [0.25, 0.3) is 0 Å². The van der Waals surface area contributed by atoms with Crippen LogP contribution in [0.3, 0.4) is 0 Å². The minimum atomic E-state index is 0.623. The van der Waals surface area contributed by atoms with E-state index < -0.39 is 0 Å². The van der Waals surface area contributed by atoms with E-state index in [1.54, 1.807) is 0 Å². The number of para-hydroxylation sites is 2. The first-order valence-electron chi connectivity index (χ1n) is 7.08. The number of fused-ring (bicyclic) bond motifs is 1.